The minimum Gasteiger partial charge on any atom is -0.397 e. The maximum atomic E-state index is 11.2. The molecule has 9 aromatic rings. The van der Waals surface area contributed by atoms with Crippen LogP contribution in [-0.2, 0) is 0 Å². The molecule has 2 saturated carbocycles. The van der Waals surface area contributed by atoms with Crippen LogP contribution in [0.1, 0.15) is 87.8 Å². The van der Waals surface area contributed by atoms with Gasteiger partial charge in [-0.2, -0.15) is 0 Å². The number of benzene rings is 4. The number of nitrogens with two attached hydrogens (primary N) is 3. The van der Waals surface area contributed by atoms with Gasteiger partial charge in [-0.25, -0.2) is 24.9 Å². The van der Waals surface area contributed by atoms with Gasteiger partial charge in [0.25, 0.3) is 0 Å². The summed E-state index contributed by atoms with van der Waals surface area (Å²) in [4.78, 5) is 31.2. The highest BCUT2D eigenvalue weighted by Crippen LogP contribution is 2.47. The normalized spacial score (nSPS) is 18.7. The average molecular weight is 915 g/mol. The molecular formula is C56H58N12O. The van der Waals surface area contributed by atoms with E-state index < -0.39 is 5.60 Å². The van der Waals surface area contributed by atoms with Gasteiger partial charge in [0.1, 0.15) is 45.7 Å². The molecule has 13 nitrogen and oxygen atoms in total. The predicted molar refractivity (Wildman–Crippen MR) is 277 cm³/mol. The van der Waals surface area contributed by atoms with Gasteiger partial charge in [0, 0.05) is 65.2 Å². The van der Waals surface area contributed by atoms with Crippen molar-refractivity contribution in [1.29, 1.82) is 0 Å². The molecule has 13 heteroatoms. The number of β-amino-alcohol motifs (C(OH)–C–C–N with tert-alkyl or cyclic N) is 1. The van der Waals surface area contributed by atoms with Crippen molar-refractivity contribution in [1.82, 2.24) is 38.6 Å². The topological polar surface area (TPSA) is 187 Å². The Morgan fingerprint density at radius 3 is 1.90 bits per heavy atom. The maximum Gasteiger partial charge on any atom is 0.150 e. The lowest BCUT2D eigenvalue weighted by atomic mass is 9.70. The molecule has 2 aliphatic carbocycles. The van der Waals surface area contributed by atoms with Gasteiger partial charge in [0.05, 0.1) is 33.9 Å². The first kappa shape index (κ1) is 44.1. The first-order valence-electron chi connectivity index (χ1n) is 24.3. The largest absolute Gasteiger partial charge is 0.397 e. The molecule has 0 spiro atoms. The molecule has 0 radical (unpaired) electrons. The van der Waals surface area contributed by atoms with Crippen LogP contribution in [0.3, 0.4) is 0 Å². The van der Waals surface area contributed by atoms with Gasteiger partial charge in [-0.3, -0.25) is 13.8 Å². The summed E-state index contributed by atoms with van der Waals surface area (Å²) >= 11 is 0. The molecule has 0 atom stereocenters. The molecule has 348 valence electrons. The van der Waals surface area contributed by atoms with E-state index in [-0.39, 0.29) is 11.8 Å². The number of nitrogens with zero attached hydrogens (tertiary/aromatic N) is 9. The van der Waals surface area contributed by atoms with E-state index in [2.05, 4.69) is 92.1 Å². The first-order chi connectivity index (χ1) is 33.6. The second-order valence-electron chi connectivity index (χ2n) is 19.4. The van der Waals surface area contributed by atoms with E-state index >= 15 is 0 Å². The monoisotopic (exact) mass is 914 g/mol. The minimum atomic E-state index is -0.639. The van der Waals surface area contributed by atoms with Crippen molar-refractivity contribution >= 4 is 50.7 Å². The lowest BCUT2D eigenvalue weighted by Crippen LogP contribution is -2.51. The van der Waals surface area contributed by atoms with Crippen LogP contribution >= 0.6 is 0 Å². The highest BCUT2D eigenvalue weighted by atomic mass is 16.3. The Morgan fingerprint density at radius 1 is 0.681 bits per heavy atom. The summed E-state index contributed by atoms with van der Waals surface area (Å²) in [5, 5.41) is 12.2. The van der Waals surface area contributed by atoms with Crippen molar-refractivity contribution in [3.05, 3.63) is 151 Å². The summed E-state index contributed by atoms with van der Waals surface area (Å²) in [6.45, 7) is 7.22. The predicted octanol–water partition coefficient (Wildman–Crippen LogP) is 10.5. The van der Waals surface area contributed by atoms with Crippen molar-refractivity contribution in [3.8, 4) is 33.8 Å². The lowest BCUT2D eigenvalue weighted by molar-refractivity contribution is -0.0704. The van der Waals surface area contributed by atoms with Crippen molar-refractivity contribution < 1.29 is 5.11 Å². The van der Waals surface area contributed by atoms with Gasteiger partial charge < -0.3 is 27.2 Å². The van der Waals surface area contributed by atoms with E-state index in [9.17, 15) is 5.11 Å². The van der Waals surface area contributed by atoms with Gasteiger partial charge >= 0.3 is 0 Å². The number of aliphatic imine (C=N–C) groups is 1. The molecule has 3 aliphatic rings. The van der Waals surface area contributed by atoms with Crippen LogP contribution in [0.4, 0.5) is 23.0 Å². The van der Waals surface area contributed by atoms with Gasteiger partial charge in [-0.15, -0.1) is 0 Å². The van der Waals surface area contributed by atoms with Gasteiger partial charge in [-0.1, -0.05) is 105 Å². The highest BCUT2D eigenvalue weighted by Gasteiger charge is 2.46. The van der Waals surface area contributed by atoms with Crippen LogP contribution in [0, 0.1) is 5.92 Å². The van der Waals surface area contributed by atoms with Crippen LogP contribution in [0.2, 0.25) is 0 Å². The van der Waals surface area contributed by atoms with Crippen molar-refractivity contribution in [2.75, 3.05) is 36.8 Å². The summed E-state index contributed by atoms with van der Waals surface area (Å²) in [6, 6.07) is 36.8. The van der Waals surface area contributed by atoms with Crippen molar-refractivity contribution in [3.63, 3.8) is 0 Å². The Balaban J connectivity index is 0.000000153. The molecule has 0 unspecified atom stereocenters. The summed E-state index contributed by atoms with van der Waals surface area (Å²) in [5.74, 6) is 3.83. The molecule has 4 aromatic carbocycles. The van der Waals surface area contributed by atoms with Crippen LogP contribution in [0.5, 0.6) is 0 Å². The smallest absolute Gasteiger partial charge is 0.150 e. The van der Waals surface area contributed by atoms with Gasteiger partial charge in [0.2, 0.25) is 0 Å². The number of nitrogen functional groups attached to an aromatic ring is 3. The number of anilines is 3. The molecule has 7 N–H and O–H groups in total. The second-order valence-corrected chi connectivity index (χ2v) is 19.4. The molecule has 69 heavy (non-hydrogen) atoms. The number of imidazole rings is 2. The molecule has 5 aromatic heterocycles. The second kappa shape index (κ2) is 18.2. The molecular weight excluding hydrogens is 857 g/mol. The number of rotatable bonds is 10. The van der Waals surface area contributed by atoms with E-state index in [0.29, 0.717) is 36.1 Å². The SMILES string of the molecule is CC(C)C(=Nc1cc(-c2nc(C3CCC3)n3ccnc(N)c23)ccc1N)c1ccccc1.Nc1nccn2c(C3CC(O)(CN4CCCC4)C3)nc(-c3ccc4ccc(-c5ccccc5)nc4c3)c12. The number of pyridine rings is 1. The quantitative estimate of drug-likeness (QED) is 0.0759. The highest BCUT2D eigenvalue weighted by molar-refractivity contribution is 6.04. The van der Waals surface area contributed by atoms with E-state index in [1.54, 1.807) is 12.4 Å². The molecule has 3 fully saturated rings. The molecule has 0 bridgehead atoms. The third-order valence-corrected chi connectivity index (χ3v) is 14.2. The van der Waals surface area contributed by atoms with E-state index in [4.69, 9.17) is 37.1 Å². The Hall–Kier alpha value is -7.48. The van der Waals surface area contributed by atoms with Crippen LogP contribution in [0.25, 0.3) is 55.7 Å². The number of likely N-dealkylation sites (tertiary alicyclic amines) is 1. The van der Waals surface area contributed by atoms with Crippen LogP contribution < -0.4 is 17.2 Å². The summed E-state index contributed by atoms with van der Waals surface area (Å²) in [7, 11) is 0. The molecule has 1 aliphatic heterocycles. The molecule has 12 rings (SSSR count). The number of aliphatic hydroxyl groups is 1. The average Bonchev–Trinajstić information content (AvgIpc) is 4.10. The summed E-state index contributed by atoms with van der Waals surface area (Å²) < 4.78 is 4.17. The van der Waals surface area contributed by atoms with Crippen molar-refractivity contribution in [2.24, 2.45) is 10.9 Å². The lowest BCUT2D eigenvalue weighted by Gasteiger charge is -2.45. The third-order valence-electron chi connectivity index (χ3n) is 14.2. The van der Waals surface area contributed by atoms with Crippen LogP contribution in [0.15, 0.2) is 139 Å². The zero-order chi connectivity index (χ0) is 47.2. The summed E-state index contributed by atoms with van der Waals surface area (Å²) in [6.07, 6.45) is 14.8. The number of hydrogen-bond acceptors (Lipinski definition) is 11. The maximum absolute atomic E-state index is 11.2. The molecule has 1 saturated heterocycles. The zero-order valence-electron chi connectivity index (χ0n) is 39.2. The fraction of sp³-hybridized carbons (Fsp3) is 0.286. The third kappa shape index (κ3) is 8.57. The Bertz CT molecular complexity index is 3340. The Kier molecular flexibility index (Phi) is 11.6. The minimum absolute atomic E-state index is 0.180. The fourth-order valence-electron chi connectivity index (χ4n) is 10.4. The number of aromatic nitrogens is 7. The van der Waals surface area contributed by atoms with E-state index in [1.807, 2.05) is 67.0 Å². The van der Waals surface area contributed by atoms with Crippen molar-refractivity contribution in [2.45, 2.75) is 76.2 Å². The summed E-state index contributed by atoms with van der Waals surface area (Å²) in [5.41, 5.74) is 30.0. The Morgan fingerprint density at radius 2 is 1.28 bits per heavy atom. The van der Waals surface area contributed by atoms with Gasteiger partial charge in [0.15, 0.2) is 0 Å². The van der Waals surface area contributed by atoms with Crippen LogP contribution in [-0.4, -0.2) is 74.7 Å². The first-order valence-corrected chi connectivity index (χ1v) is 24.3. The molecule has 0 amide bonds. The van der Waals surface area contributed by atoms with E-state index in [1.165, 1.54) is 19.3 Å². The Labute approximate surface area is 401 Å². The zero-order valence-corrected chi connectivity index (χ0v) is 39.2. The number of fused-ring (bicyclic) bond motifs is 3. The molecule has 6 heterocycles. The van der Waals surface area contributed by atoms with Gasteiger partial charge in [-0.05, 0) is 87.4 Å². The standard InChI is InChI=1S/C30H30N6O.C26H28N6/c31-28-27-26(22-9-8-21-10-11-24(33-25(21)16-22)20-6-2-1-3-7-20)34-29(36(27)15-12-32-28)23-17-30(37,18-23)19-35-13-4-5-14-35;1-16(2)22(17-7-4-3-5-8-17)30-21-15-19(11-12-20(21)27)23-24-25(28)29-13-14-32(24)26(31-23)18-9-6-10-18/h1-3,6-12,15-16,23,37H,4-5,13-14,17-19H2,(H2,31,32);3-5,7-8,11-16,18H,6,9-10,27H2,1-2H3,(H2,28,29). The fourth-order valence-corrected chi connectivity index (χ4v) is 10.4. The number of hydrogen-bond donors (Lipinski definition) is 4. The van der Waals surface area contributed by atoms with E-state index in [0.717, 1.165) is 117 Å².